The van der Waals surface area contributed by atoms with Crippen molar-refractivity contribution >= 4 is 38.9 Å². The van der Waals surface area contributed by atoms with Crippen LogP contribution in [0.2, 0.25) is 0 Å². The van der Waals surface area contributed by atoms with Crippen molar-refractivity contribution in [3.05, 3.63) is 50.1 Å². The van der Waals surface area contributed by atoms with Gasteiger partial charge in [-0.15, -0.1) is 11.3 Å². The molecule has 0 bridgehead atoms. The van der Waals surface area contributed by atoms with Gasteiger partial charge in [0.2, 0.25) is 0 Å². The van der Waals surface area contributed by atoms with Gasteiger partial charge in [-0.1, -0.05) is 22.9 Å². The Balaban J connectivity index is 2.16. The van der Waals surface area contributed by atoms with E-state index in [-0.39, 0.29) is 5.91 Å². The van der Waals surface area contributed by atoms with Gasteiger partial charge in [0.05, 0.1) is 4.88 Å². The van der Waals surface area contributed by atoms with Gasteiger partial charge in [0, 0.05) is 15.0 Å². The summed E-state index contributed by atoms with van der Waals surface area (Å²) in [5.74, 6) is -0.0369. The van der Waals surface area contributed by atoms with E-state index in [2.05, 4.69) is 28.2 Å². The Hall–Kier alpha value is -1.13. The number of aryl methyl sites for hydroxylation is 2. The normalized spacial score (nSPS) is 10.4. The molecular formula is C14H14BrNOS. The highest BCUT2D eigenvalue weighted by Gasteiger charge is 2.10. The average molecular weight is 324 g/mol. The number of benzene rings is 1. The van der Waals surface area contributed by atoms with Crippen molar-refractivity contribution in [2.75, 3.05) is 5.32 Å². The van der Waals surface area contributed by atoms with E-state index >= 15 is 0 Å². The molecule has 1 heterocycles. The summed E-state index contributed by atoms with van der Waals surface area (Å²) in [6, 6.07) is 9.71. The maximum atomic E-state index is 12.1. The molecule has 0 saturated heterocycles. The fourth-order valence-corrected chi connectivity index (χ4v) is 2.96. The van der Waals surface area contributed by atoms with Crippen LogP contribution in [0, 0.1) is 6.92 Å². The van der Waals surface area contributed by atoms with E-state index < -0.39 is 0 Å². The Morgan fingerprint density at radius 3 is 2.72 bits per heavy atom. The predicted molar refractivity (Wildman–Crippen MR) is 80.5 cm³/mol. The monoisotopic (exact) mass is 323 g/mol. The Bertz CT molecular complexity index is 577. The summed E-state index contributed by atoms with van der Waals surface area (Å²) in [6.07, 6.45) is 0.968. The Labute approximate surface area is 119 Å². The van der Waals surface area contributed by atoms with Gasteiger partial charge in [0.15, 0.2) is 0 Å². The molecule has 1 aromatic heterocycles. The lowest BCUT2D eigenvalue weighted by atomic mass is 10.2. The summed E-state index contributed by atoms with van der Waals surface area (Å²) >= 11 is 4.96. The first-order valence-corrected chi connectivity index (χ1v) is 7.37. The lowest BCUT2D eigenvalue weighted by molar-refractivity contribution is 0.103. The third-order valence-corrected chi connectivity index (χ3v) is 4.39. The number of amides is 1. The smallest absolute Gasteiger partial charge is 0.265 e. The predicted octanol–water partition coefficient (Wildman–Crippen LogP) is 4.63. The van der Waals surface area contributed by atoms with Crippen LogP contribution >= 0.6 is 27.3 Å². The molecule has 94 valence electrons. The number of hydrogen-bond donors (Lipinski definition) is 1. The number of thiophene rings is 1. The first-order valence-electron chi connectivity index (χ1n) is 5.76. The number of halogens is 1. The minimum atomic E-state index is -0.0369. The first kappa shape index (κ1) is 13.3. The van der Waals surface area contributed by atoms with Gasteiger partial charge in [-0.2, -0.15) is 0 Å². The molecule has 0 fully saturated rings. The first-order chi connectivity index (χ1) is 8.60. The van der Waals surface area contributed by atoms with Gasteiger partial charge in [-0.25, -0.2) is 0 Å². The molecule has 0 aliphatic carbocycles. The summed E-state index contributed by atoms with van der Waals surface area (Å²) < 4.78 is 1.02. The van der Waals surface area contributed by atoms with Crippen LogP contribution in [0.25, 0.3) is 0 Å². The van der Waals surface area contributed by atoms with E-state index in [9.17, 15) is 4.79 Å². The standard InChI is InChI=1S/C14H14BrNOS/c1-3-11-5-7-13(18-11)14(17)16-12-6-4-10(15)8-9(12)2/h4-8H,3H2,1-2H3,(H,16,17). The second-order valence-corrected chi connectivity index (χ2v) is 6.12. The summed E-state index contributed by atoms with van der Waals surface area (Å²) in [5, 5.41) is 2.94. The van der Waals surface area contributed by atoms with E-state index in [1.807, 2.05) is 37.3 Å². The molecule has 2 rings (SSSR count). The molecule has 0 unspecified atom stereocenters. The minimum Gasteiger partial charge on any atom is -0.321 e. The SMILES string of the molecule is CCc1ccc(C(=O)Nc2ccc(Br)cc2C)s1. The summed E-state index contributed by atoms with van der Waals surface area (Å²) in [4.78, 5) is 14.1. The molecule has 2 aromatic rings. The molecule has 1 amide bonds. The van der Waals surface area contributed by atoms with Crippen molar-refractivity contribution in [2.24, 2.45) is 0 Å². The van der Waals surface area contributed by atoms with Crippen LogP contribution in [0.1, 0.15) is 27.0 Å². The number of carbonyl (C=O) groups is 1. The van der Waals surface area contributed by atoms with Gasteiger partial charge < -0.3 is 5.32 Å². The average Bonchev–Trinajstić information content (AvgIpc) is 2.81. The zero-order chi connectivity index (χ0) is 13.1. The number of anilines is 1. The minimum absolute atomic E-state index is 0.0369. The van der Waals surface area contributed by atoms with Crippen LogP contribution in [-0.4, -0.2) is 5.91 Å². The van der Waals surface area contributed by atoms with Crippen LogP contribution in [0.5, 0.6) is 0 Å². The van der Waals surface area contributed by atoms with Gasteiger partial charge in [-0.05, 0) is 49.2 Å². The molecule has 18 heavy (non-hydrogen) atoms. The third kappa shape index (κ3) is 3.00. The highest BCUT2D eigenvalue weighted by molar-refractivity contribution is 9.10. The van der Waals surface area contributed by atoms with E-state index in [0.717, 1.165) is 27.0 Å². The highest BCUT2D eigenvalue weighted by Crippen LogP contribution is 2.22. The van der Waals surface area contributed by atoms with Crippen molar-refractivity contribution in [2.45, 2.75) is 20.3 Å². The quantitative estimate of drug-likeness (QED) is 0.876. The van der Waals surface area contributed by atoms with E-state index in [1.165, 1.54) is 4.88 Å². The molecule has 0 atom stereocenters. The fraction of sp³-hybridized carbons (Fsp3) is 0.214. The number of carbonyl (C=O) groups excluding carboxylic acids is 1. The molecule has 0 radical (unpaired) electrons. The molecule has 2 nitrogen and oxygen atoms in total. The van der Waals surface area contributed by atoms with E-state index in [4.69, 9.17) is 0 Å². The van der Waals surface area contributed by atoms with Crippen LogP contribution in [0.4, 0.5) is 5.69 Å². The maximum absolute atomic E-state index is 12.1. The second kappa shape index (κ2) is 5.67. The van der Waals surface area contributed by atoms with Gasteiger partial charge in [0.25, 0.3) is 5.91 Å². The zero-order valence-corrected chi connectivity index (χ0v) is 12.7. The summed E-state index contributed by atoms with van der Waals surface area (Å²) in [6.45, 7) is 4.07. The number of hydrogen-bond acceptors (Lipinski definition) is 2. The molecule has 0 saturated carbocycles. The van der Waals surface area contributed by atoms with Crippen LogP contribution in [0.3, 0.4) is 0 Å². The second-order valence-electron chi connectivity index (χ2n) is 4.03. The Kier molecular flexibility index (Phi) is 4.19. The molecule has 0 aliphatic heterocycles. The van der Waals surface area contributed by atoms with Crippen molar-refractivity contribution in [1.82, 2.24) is 0 Å². The summed E-state index contributed by atoms with van der Waals surface area (Å²) in [7, 11) is 0. The number of rotatable bonds is 3. The van der Waals surface area contributed by atoms with Gasteiger partial charge in [-0.3, -0.25) is 4.79 Å². The van der Waals surface area contributed by atoms with Crippen LogP contribution in [0.15, 0.2) is 34.8 Å². The Morgan fingerprint density at radius 2 is 2.11 bits per heavy atom. The lowest BCUT2D eigenvalue weighted by Gasteiger charge is -2.07. The Morgan fingerprint density at radius 1 is 1.33 bits per heavy atom. The fourth-order valence-electron chi connectivity index (χ4n) is 1.64. The molecule has 1 aromatic carbocycles. The van der Waals surface area contributed by atoms with Crippen molar-refractivity contribution in [3.8, 4) is 0 Å². The van der Waals surface area contributed by atoms with E-state index in [0.29, 0.717) is 0 Å². The van der Waals surface area contributed by atoms with E-state index in [1.54, 1.807) is 11.3 Å². The van der Waals surface area contributed by atoms with Gasteiger partial charge in [0.1, 0.15) is 0 Å². The van der Waals surface area contributed by atoms with Gasteiger partial charge >= 0.3 is 0 Å². The zero-order valence-electron chi connectivity index (χ0n) is 10.3. The molecule has 4 heteroatoms. The van der Waals surface area contributed by atoms with Crippen molar-refractivity contribution in [3.63, 3.8) is 0 Å². The summed E-state index contributed by atoms with van der Waals surface area (Å²) in [5.41, 5.74) is 1.90. The van der Waals surface area contributed by atoms with Crippen molar-refractivity contribution in [1.29, 1.82) is 0 Å². The molecule has 1 N–H and O–H groups in total. The molecular weight excluding hydrogens is 310 g/mol. The lowest BCUT2D eigenvalue weighted by Crippen LogP contribution is -2.10. The maximum Gasteiger partial charge on any atom is 0.265 e. The topological polar surface area (TPSA) is 29.1 Å². The number of nitrogens with one attached hydrogen (secondary N) is 1. The van der Waals surface area contributed by atoms with Crippen LogP contribution < -0.4 is 5.32 Å². The third-order valence-electron chi connectivity index (χ3n) is 2.67. The highest BCUT2D eigenvalue weighted by atomic mass is 79.9. The largest absolute Gasteiger partial charge is 0.321 e. The van der Waals surface area contributed by atoms with Crippen molar-refractivity contribution < 1.29 is 4.79 Å². The molecule has 0 aliphatic rings. The van der Waals surface area contributed by atoms with Crippen LogP contribution in [-0.2, 0) is 6.42 Å². The molecule has 0 spiro atoms.